The molecule has 0 fully saturated rings. The van der Waals surface area contributed by atoms with Crippen molar-refractivity contribution in [2.75, 3.05) is 12.3 Å². The van der Waals surface area contributed by atoms with Crippen LogP contribution >= 0.6 is 0 Å². The molecule has 2 N–H and O–H groups in total. The van der Waals surface area contributed by atoms with Gasteiger partial charge in [-0.2, -0.15) is 0 Å². The quantitative estimate of drug-likeness (QED) is 0.606. The summed E-state index contributed by atoms with van der Waals surface area (Å²) < 4.78 is 31.3. The Morgan fingerprint density at radius 2 is 2.07 bits per heavy atom. The number of hydrogen-bond acceptors (Lipinski definition) is 3. The number of esters is 1. The Morgan fingerprint density at radius 3 is 2.60 bits per heavy atom. The normalized spacial score (nSPS) is 10.1. The molecule has 0 aromatic heterocycles. The maximum absolute atomic E-state index is 13.4. The van der Waals surface area contributed by atoms with Gasteiger partial charge in [0.1, 0.15) is 11.4 Å². The first-order chi connectivity index (χ1) is 6.99. The molecule has 0 bridgehead atoms. The molecule has 0 aliphatic carbocycles. The highest BCUT2D eigenvalue weighted by atomic mass is 19.1. The predicted octanol–water partition coefficient (Wildman–Crippen LogP) is 2.03. The lowest BCUT2D eigenvalue weighted by atomic mass is 10.1. The zero-order chi connectivity index (χ0) is 11.6. The Hall–Kier alpha value is -1.65. The van der Waals surface area contributed by atoms with Crippen LogP contribution in [0.3, 0.4) is 0 Å². The molecule has 0 unspecified atom stereocenters. The molecule has 0 amide bonds. The Kier molecular flexibility index (Phi) is 3.24. The molecule has 0 saturated heterocycles. The van der Waals surface area contributed by atoms with Crippen molar-refractivity contribution >= 4 is 11.7 Å². The van der Waals surface area contributed by atoms with Gasteiger partial charge in [0.2, 0.25) is 0 Å². The topological polar surface area (TPSA) is 52.3 Å². The standard InChI is InChI=1S/C10H11F2NO2/c1-3-15-10(14)7-8(11)5(2)4-6(13)9(7)12/h4H,3,13H2,1-2H3. The molecule has 0 spiro atoms. The van der Waals surface area contributed by atoms with Crippen molar-refractivity contribution in [2.45, 2.75) is 13.8 Å². The fourth-order valence-electron chi connectivity index (χ4n) is 1.18. The van der Waals surface area contributed by atoms with Crippen LogP contribution in [-0.2, 0) is 4.74 Å². The van der Waals surface area contributed by atoms with Gasteiger partial charge in [-0.3, -0.25) is 0 Å². The van der Waals surface area contributed by atoms with E-state index in [4.69, 9.17) is 5.73 Å². The summed E-state index contributed by atoms with van der Waals surface area (Å²) in [4.78, 5) is 11.2. The largest absolute Gasteiger partial charge is 0.462 e. The molecule has 3 nitrogen and oxygen atoms in total. The molecule has 0 aliphatic rings. The number of halogens is 2. The van der Waals surface area contributed by atoms with E-state index in [2.05, 4.69) is 4.74 Å². The minimum atomic E-state index is -1.07. The van der Waals surface area contributed by atoms with E-state index in [-0.39, 0.29) is 17.9 Å². The van der Waals surface area contributed by atoms with Gasteiger partial charge in [0.15, 0.2) is 5.82 Å². The highest BCUT2D eigenvalue weighted by molar-refractivity contribution is 5.91. The summed E-state index contributed by atoms with van der Waals surface area (Å²) in [6.07, 6.45) is 0. The van der Waals surface area contributed by atoms with Crippen molar-refractivity contribution in [3.05, 3.63) is 28.8 Å². The third-order valence-electron chi connectivity index (χ3n) is 1.89. The van der Waals surface area contributed by atoms with Gasteiger partial charge in [-0.05, 0) is 25.5 Å². The highest BCUT2D eigenvalue weighted by Gasteiger charge is 2.22. The SMILES string of the molecule is CCOC(=O)c1c(F)c(C)cc(N)c1F. The van der Waals surface area contributed by atoms with E-state index in [0.717, 1.165) is 6.07 Å². The van der Waals surface area contributed by atoms with Crippen molar-refractivity contribution in [1.82, 2.24) is 0 Å². The fraction of sp³-hybridized carbons (Fsp3) is 0.300. The molecule has 0 radical (unpaired) electrons. The monoisotopic (exact) mass is 215 g/mol. The van der Waals surface area contributed by atoms with Gasteiger partial charge in [-0.25, -0.2) is 13.6 Å². The molecule has 1 aromatic carbocycles. The minimum Gasteiger partial charge on any atom is -0.462 e. The molecule has 5 heteroatoms. The van der Waals surface area contributed by atoms with Crippen molar-refractivity contribution in [2.24, 2.45) is 0 Å². The predicted molar refractivity (Wildman–Crippen MR) is 51.5 cm³/mol. The van der Waals surface area contributed by atoms with Gasteiger partial charge in [-0.1, -0.05) is 0 Å². The lowest BCUT2D eigenvalue weighted by Gasteiger charge is -2.08. The number of nitrogens with two attached hydrogens (primary N) is 1. The van der Waals surface area contributed by atoms with Gasteiger partial charge >= 0.3 is 5.97 Å². The second kappa shape index (κ2) is 4.25. The van der Waals surface area contributed by atoms with Gasteiger partial charge < -0.3 is 10.5 Å². The molecular weight excluding hydrogens is 204 g/mol. The number of benzene rings is 1. The van der Waals surface area contributed by atoms with Crippen LogP contribution in [0.5, 0.6) is 0 Å². The van der Waals surface area contributed by atoms with Gasteiger partial charge in [0.05, 0.1) is 12.3 Å². The lowest BCUT2D eigenvalue weighted by molar-refractivity contribution is 0.0515. The van der Waals surface area contributed by atoms with Crippen LogP contribution in [-0.4, -0.2) is 12.6 Å². The lowest BCUT2D eigenvalue weighted by Crippen LogP contribution is -2.12. The molecule has 1 rings (SSSR count). The maximum Gasteiger partial charge on any atom is 0.344 e. The van der Waals surface area contributed by atoms with E-state index in [0.29, 0.717) is 0 Å². The summed E-state index contributed by atoms with van der Waals surface area (Å²) in [6.45, 7) is 2.99. The van der Waals surface area contributed by atoms with E-state index in [1.165, 1.54) is 6.92 Å². The number of aryl methyl sites for hydroxylation is 1. The molecule has 0 aliphatic heterocycles. The first-order valence-electron chi connectivity index (χ1n) is 4.40. The van der Waals surface area contributed by atoms with E-state index in [9.17, 15) is 13.6 Å². The van der Waals surface area contributed by atoms with Crippen LogP contribution in [0, 0.1) is 18.6 Å². The van der Waals surface area contributed by atoms with Gasteiger partial charge in [0, 0.05) is 0 Å². The van der Waals surface area contributed by atoms with Crippen LogP contribution in [0.1, 0.15) is 22.8 Å². The maximum atomic E-state index is 13.4. The average molecular weight is 215 g/mol. The van der Waals surface area contributed by atoms with E-state index >= 15 is 0 Å². The molecule has 0 saturated carbocycles. The van der Waals surface area contributed by atoms with Crippen LogP contribution in [0.15, 0.2) is 6.07 Å². The summed E-state index contributed by atoms with van der Waals surface area (Å²) >= 11 is 0. The van der Waals surface area contributed by atoms with Crippen LogP contribution in [0.2, 0.25) is 0 Å². The molecule has 15 heavy (non-hydrogen) atoms. The first kappa shape index (κ1) is 11.4. The van der Waals surface area contributed by atoms with Crippen molar-refractivity contribution < 1.29 is 18.3 Å². The van der Waals surface area contributed by atoms with Crippen molar-refractivity contribution in [3.63, 3.8) is 0 Å². The minimum absolute atomic E-state index is 0.0472. The van der Waals surface area contributed by atoms with Crippen LogP contribution in [0.25, 0.3) is 0 Å². The Morgan fingerprint density at radius 1 is 1.47 bits per heavy atom. The number of carbonyl (C=O) groups excluding carboxylic acids is 1. The Bertz CT molecular complexity index is 379. The molecular formula is C10H11F2NO2. The van der Waals surface area contributed by atoms with Gasteiger partial charge in [0.25, 0.3) is 0 Å². The van der Waals surface area contributed by atoms with Crippen molar-refractivity contribution in [3.8, 4) is 0 Å². The van der Waals surface area contributed by atoms with Gasteiger partial charge in [-0.15, -0.1) is 0 Å². The molecule has 0 atom stereocenters. The Labute approximate surface area is 85.8 Å². The number of rotatable bonds is 2. The number of anilines is 1. The number of ether oxygens (including phenoxy) is 1. The van der Waals surface area contributed by atoms with Crippen LogP contribution in [0.4, 0.5) is 14.5 Å². The summed E-state index contributed by atoms with van der Waals surface area (Å²) in [7, 11) is 0. The zero-order valence-electron chi connectivity index (χ0n) is 8.43. The van der Waals surface area contributed by atoms with E-state index in [1.54, 1.807) is 6.92 Å². The van der Waals surface area contributed by atoms with Crippen molar-refractivity contribution in [1.29, 1.82) is 0 Å². The number of carbonyl (C=O) groups is 1. The average Bonchev–Trinajstić information content (AvgIpc) is 2.16. The first-order valence-corrected chi connectivity index (χ1v) is 4.40. The zero-order valence-corrected chi connectivity index (χ0v) is 8.43. The summed E-state index contributed by atoms with van der Waals surface area (Å²) in [5.41, 5.74) is 4.39. The Balaban J connectivity index is 3.32. The second-order valence-corrected chi connectivity index (χ2v) is 3.01. The van der Waals surface area contributed by atoms with E-state index in [1.807, 2.05) is 0 Å². The summed E-state index contributed by atoms with van der Waals surface area (Å²) in [5.74, 6) is -3.04. The third-order valence-corrected chi connectivity index (χ3v) is 1.89. The third kappa shape index (κ3) is 2.06. The number of hydrogen-bond donors (Lipinski definition) is 1. The molecule has 82 valence electrons. The molecule has 1 aromatic rings. The van der Waals surface area contributed by atoms with E-state index < -0.39 is 23.2 Å². The summed E-state index contributed by atoms with van der Waals surface area (Å²) in [5, 5.41) is 0. The second-order valence-electron chi connectivity index (χ2n) is 3.01. The summed E-state index contributed by atoms with van der Waals surface area (Å²) in [6, 6.07) is 1.13. The fourth-order valence-corrected chi connectivity index (χ4v) is 1.18. The molecule has 0 heterocycles. The number of nitrogen functional groups attached to an aromatic ring is 1. The highest BCUT2D eigenvalue weighted by Crippen LogP contribution is 2.22. The van der Waals surface area contributed by atoms with Crippen LogP contribution < -0.4 is 5.73 Å². The smallest absolute Gasteiger partial charge is 0.344 e.